The zero-order valence-electron chi connectivity index (χ0n) is 16.3. The van der Waals surface area contributed by atoms with Gasteiger partial charge in [-0.25, -0.2) is 4.31 Å². The van der Waals surface area contributed by atoms with Crippen molar-refractivity contribution in [2.45, 2.75) is 20.4 Å². The van der Waals surface area contributed by atoms with E-state index < -0.39 is 16.1 Å². The van der Waals surface area contributed by atoms with Crippen molar-refractivity contribution in [3.05, 3.63) is 52.4 Å². The molecule has 0 radical (unpaired) electrons. The molecule has 0 spiro atoms. The molecule has 9 nitrogen and oxygen atoms in total. The van der Waals surface area contributed by atoms with E-state index in [1.165, 1.54) is 26.3 Å². The van der Waals surface area contributed by atoms with E-state index in [1.54, 1.807) is 29.9 Å². The minimum absolute atomic E-state index is 0.0966. The van der Waals surface area contributed by atoms with E-state index in [9.17, 15) is 13.2 Å². The van der Waals surface area contributed by atoms with E-state index in [2.05, 4.69) is 14.8 Å². The first-order chi connectivity index (χ1) is 13.7. The zero-order valence-corrected chi connectivity index (χ0v) is 17.9. The molecule has 0 saturated carbocycles. The molecule has 1 amide bonds. The SMILES string of the molecule is CCn1cc(C2=NS(=O)(=O)N(C)C(C(=O)Nc3cc(Cl)ccc3OC)=C2)c(C)n1. The lowest BCUT2D eigenvalue weighted by molar-refractivity contribution is -0.113. The van der Waals surface area contributed by atoms with Gasteiger partial charge in [-0.05, 0) is 38.1 Å². The summed E-state index contributed by atoms with van der Waals surface area (Å²) in [6.07, 6.45) is 3.11. The summed E-state index contributed by atoms with van der Waals surface area (Å²) in [7, 11) is -1.37. The molecule has 11 heteroatoms. The number of ether oxygens (including phenoxy) is 1. The van der Waals surface area contributed by atoms with Crippen LogP contribution in [-0.4, -0.2) is 48.3 Å². The Balaban J connectivity index is 2.02. The average molecular weight is 438 g/mol. The third kappa shape index (κ3) is 4.13. The van der Waals surface area contributed by atoms with Crippen LogP contribution in [0.1, 0.15) is 18.2 Å². The van der Waals surface area contributed by atoms with Gasteiger partial charge in [0.25, 0.3) is 5.91 Å². The minimum Gasteiger partial charge on any atom is -0.495 e. The van der Waals surface area contributed by atoms with Crippen LogP contribution >= 0.6 is 11.6 Å². The number of hydrogen-bond donors (Lipinski definition) is 1. The number of nitrogens with one attached hydrogen (secondary N) is 1. The van der Waals surface area contributed by atoms with Crippen LogP contribution in [0.4, 0.5) is 5.69 Å². The van der Waals surface area contributed by atoms with Crippen molar-refractivity contribution < 1.29 is 17.9 Å². The molecule has 154 valence electrons. The van der Waals surface area contributed by atoms with Gasteiger partial charge in [-0.2, -0.15) is 13.5 Å². The van der Waals surface area contributed by atoms with Gasteiger partial charge in [0, 0.05) is 30.4 Å². The number of likely N-dealkylation sites (N-methyl/N-ethyl adjacent to an activating group) is 1. The Labute approximate surface area is 173 Å². The van der Waals surface area contributed by atoms with Crippen LogP contribution < -0.4 is 10.1 Å². The number of amides is 1. The fraction of sp³-hybridized carbons (Fsp3) is 0.278. The van der Waals surface area contributed by atoms with Crippen molar-refractivity contribution in [1.29, 1.82) is 0 Å². The Kier molecular flexibility index (Phi) is 5.67. The highest BCUT2D eigenvalue weighted by Crippen LogP contribution is 2.29. The maximum atomic E-state index is 12.9. The number of allylic oxidation sites excluding steroid dienone is 1. The van der Waals surface area contributed by atoms with Gasteiger partial charge in [0.2, 0.25) is 0 Å². The van der Waals surface area contributed by atoms with Crippen LogP contribution in [0.2, 0.25) is 5.02 Å². The summed E-state index contributed by atoms with van der Waals surface area (Å²) in [5, 5.41) is 7.35. The summed E-state index contributed by atoms with van der Waals surface area (Å²) in [5.74, 6) is -0.261. The molecule has 1 aromatic carbocycles. The quantitative estimate of drug-likeness (QED) is 0.772. The molecule has 2 aromatic rings. The number of carbonyl (C=O) groups excluding carboxylic acids is 1. The maximum absolute atomic E-state index is 12.9. The minimum atomic E-state index is -4.09. The molecule has 1 aliphatic rings. The first-order valence-corrected chi connectivity index (χ1v) is 10.4. The smallest absolute Gasteiger partial charge is 0.345 e. The molecule has 1 aromatic heterocycles. The second-order valence-electron chi connectivity index (χ2n) is 6.23. The second kappa shape index (κ2) is 7.88. The summed E-state index contributed by atoms with van der Waals surface area (Å²) in [4.78, 5) is 12.9. The Morgan fingerprint density at radius 1 is 1.34 bits per heavy atom. The molecule has 1 N–H and O–H groups in total. The first-order valence-electron chi connectivity index (χ1n) is 8.66. The molecule has 29 heavy (non-hydrogen) atoms. The highest BCUT2D eigenvalue weighted by Gasteiger charge is 2.31. The molecule has 3 rings (SSSR count). The normalized spacial score (nSPS) is 15.6. The number of rotatable bonds is 5. The standard InChI is InChI=1S/C18H20ClN5O4S/c1-5-24-10-13(11(2)21-24)14-9-16(23(3)29(26,27)22-14)18(25)20-15-8-12(19)6-7-17(15)28-4/h6-10H,5H2,1-4H3,(H,20,25). The Morgan fingerprint density at radius 2 is 2.07 bits per heavy atom. The van der Waals surface area contributed by atoms with Gasteiger partial charge in [0.1, 0.15) is 11.4 Å². The van der Waals surface area contributed by atoms with Gasteiger partial charge in [-0.3, -0.25) is 9.48 Å². The second-order valence-corrected chi connectivity index (χ2v) is 8.30. The number of anilines is 1. The number of halogens is 1. The summed E-state index contributed by atoms with van der Waals surface area (Å²) >= 11 is 6.00. The van der Waals surface area contributed by atoms with Crippen molar-refractivity contribution >= 4 is 39.1 Å². The van der Waals surface area contributed by atoms with E-state index in [0.717, 1.165) is 4.31 Å². The van der Waals surface area contributed by atoms with Crippen molar-refractivity contribution in [1.82, 2.24) is 14.1 Å². The maximum Gasteiger partial charge on any atom is 0.345 e. The van der Waals surface area contributed by atoms with E-state index in [-0.39, 0.29) is 11.4 Å². The third-order valence-corrected chi connectivity index (χ3v) is 5.91. The number of carbonyl (C=O) groups is 1. The molecule has 0 atom stereocenters. The highest BCUT2D eigenvalue weighted by atomic mass is 35.5. The predicted octanol–water partition coefficient (Wildman–Crippen LogP) is 2.38. The highest BCUT2D eigenvalue weighted by molar-refractivity contribution is 7.88. The van der Waals surface area contributed by atoms with Crippen LogP contribution in [0.15, 0.2) is 40.6 Å². The lowest BCUT2D eigenvalue weighted by Gasteiger charge is -2.23. The number of aryl methyl sites for hydroxylation is 2. The van der Waals surface area contributed by atoms with E-state index >= 15 is 0 Å². The summed E-state index contributed by atoms with van der Waals surface area (Å²) in [6.45, 7) is 4.28. The summed E-state index contributed by atoms with van der Waals surface area (Å²) in [5.41, 5.74) is 1.51. The first kappa shape index (κ1) is 20.9. The fourth-order valence-corrected chi connectivity index (χ4v) is 3.87. The Bertz CT molecular complexity index is 1140. The molecule has 0 bridgehead atoms. The lowest BCUT2D eigenvalue weighted by Crippen LogP contribution is -2.35. The number of methoxy groups -OCH3 is 1. The molecule has 2 heterocycles. The van der Waals surface area contributed by atoms with E-state index in [1.807, 2.05) is 6.92 Å². The molecule has 0 unspecified atom stereocenters. The lowest BCUT2D eigenvalue weighted by atomic mass is 10.1. The molecule has 0 aliphatic carbocycles. The zero-order chi connectivity index (χ0) is 21.3. The van der Waals surface area contributed by atoms with Gasteiger partial charge < -0.3 is 10.1 Å². The number of aromatic nitrogens is 2. The predicted molar refractivity (Wildman–Crippen MR) is 111 cm³/mol. The fourth-order valence-electron chi connectivity index (χ4n) is 2.79. The van der Waals surface area contributed by atoms with Crippen LogP contribution in [-0.2, 0) is 21.5 Å². The van der Waals surface area contributed by atoms with Crippen molar-refractivity contribution in [2.75, 3.05) is 19.5 Å². The molecule has 0 saturated heterocycles. The largest absolute Gasteiger partial charge is 0.495 e. The monoisotopic (exact) mass is 437 g/mol. The van der Waals surface area contributed by atoms with Gasteiger partial charge >= 0.3 is 10.2 Å². The Morgan fingerprint density at radius 3 is 2.69 bits per heavy atom. The molecule has 0 fully saturated rings. The molecular weight excluding hydrogens is 418 g/mol. The van der Waals surface area contributed by atoms with E-state index in [0.29, 0.717) is 34.3 Å². The van der Waals surface area contributed by atoms with Crippen molar-refractivity contribution in [3.8, 4) is 5.75 Å². The summed E-state index contributed by atoms with van der Waals surface area (Å²) < 4.78 is 36.6. The van der Waals surface area contributed by atoms with Crippen LogP contribution in [0.3, 0.4) is 0 Å². The Hall–Kier alpha value is -2.85. The average Bonchev–Trinajstić information content (AvgIpc) is 3.05. The van der Waals surface area contributed by atoms with Crippen molar-refractivity contribution in [2.24, 2.45) is 4.40 Å². The van der Waals surface area contributed by atoms with Gasteiger partial charge in [-0.1, -0.05) is 11.6 Å². The number of benzene rings is 1. The van der Waals surface area contributed by atoms with Crippen molar-refractivity contribution in [3.63, 3.8) is 0 Å². The van der Waals surface area contributed by atoms with Gasteiger partial charge in [-0.15, -0.1) is 4.40 Å². The topological polar surface area (TPSA) is 106 Å². The van der Waals surface area contributed by atoms with Gasteiger partial charge in [0.05, 0.1) is 24.2 Å². The van der Waals surface area contributed by atoms with Gasteiger partial charge in [0.15, 0.2) is 0 Å². The third-order valence-electron chi connectivity index (χ3n) is 4.36. The number of nitrogens with zero attached hydrogens (tertiary/aromatic N) is 4. The van der Waals surface area contributed by atoms with Crippen LogP contribution in [0, 0.1) is 6.92 Å². The summed E-state index contributed by atoms with van der Waals surface area (Å²) in [6, 6.07) is 4.73. The molecular formula is C18H20ClN5O4S. The number of hydrogen-bond acceptors (Lipinski definition) is 5. The van der Waals surface area contributed by atoms with Crippen LogP contribution in [0.25, 0.3) is 0 Å². The van der Waals surface area contributed by atoms with Crippen LogP contribution in [0.5, 0.6) is 5.75 Å². The van der Waals surface area contributed by atoms with E-state index in [4.69, 9.17) is 16.3 Å². The molecule has 1 aliphatic heterocycles.